The van der Waals surface area contributed by atoms with E-state index in [9.17, 15) is 26.0 Å². The number of alkyl halides is 3. The minimum atomic E-state index is -5.01. The molecule has 0 saturated carbocycles. The topological polar surface area (TPSA) is 55.4 Å². The van der Waals surface area contributed by atoms with E-state index < -0.39 is 32.5 Å². The highest BCUT2D eigenvalue weighted by atomic mass is 35.5. The van der Waals surface area contributed by atoms with E-state index in [1.54, 1.807) is 0 Å². The Bertz CT molecular complexity index is 869. The summed E-state index contributed by atoms with van der Waals surface area (Å²) < 4.78 is 82.7. The van der Waals surface area contributed by atoms with E-state index in [1.807, 2.05) is 0 Å². The van der Waals surface area contributed by atoms with Crippen LogP contribution in [0, 0.1) is 5.82 Å². The number of ether oxygens (including phenoxy) is 1. The average molecular weight is 384 g/mol. The lowest BCUT2D eigenvalue weighted by Gasteiger charge is -2.12. The molecule has 4 nitrogen and oxygen atoms in total. The Hall–Kier alpha value is -2.00. The van der Waals surface area contributed by atoms with Crippen molar-refractivity contribution in [2.75, 3.05) is 11.8 Å². The zero-order chi connectivity index (χ0) is 18.1. The second-order valence-electron chi connectivity index (χ2n) is 4.59. The number of halogens is 5. The highest BCUT2D eigenvalue weighted by Crippen LogP contribution is 2.33. The lowest BCUT2D eigenvalue weighted by molar-refractivity contribution is -0.140. The van der Waals surface area contributed by atoms with Crippen molar-refractivity contribution < 1.29 is 30.7 Å². The van der Waals surface area contributed by atoms with Crippen molar-refractivity contribution in [3.63, 3.8) is 0 Å². The second-order valence-corrected chi connectivity index (χ2v) is 6.68. The number of hydrogen-bond acceptors (Lipinski definition) is 3. The third kappa shape index (κ3) is 3.90. The van der Waals surface area contributed by atoms with Crippen LogP contribution >= 0.6 is 11.6 Å². The minimum Gasteiger partial charge on any atom is -0.495 e. The molecule has 0 aromatic heterocycles. The number of benzene rings is 2. The van der Waals surface area contributed by atoms with Crippen molar-refractivity contribution in [2.45, 2.75) is 11.1 Å². The fourth-order valence-electron chi connectivity index (χ4n) is 1.83. The molecule has 24 heavy (non-hydrogen) atoms. The number of rotatable bonds is 4. The van der Waals surface area contributed by atoms with E-state index in [-0.39, 0.29) is 16.8 Å². The summed E-state index contributed by atoms with van der Waals surface area (Å²) >= 11 is 5.85. The summed E-state index contributed by atoms with van der Waals surface area (Å²) in [5, 5.41) is 0.104. The molecular weight excluding hydrogens is 374 g/mol. The first kappa shape index (κ1) is 18.3. The molecule has 0 saturated heterocycles. The molecule has 10 heteroatoms. The van der Waals surface area contributed by atoms with Crippen LogP contribution in [0.15, 0.2) is 41.3 Å². The predicted molar refractivity (Wildman–Crippen MR) is 80.2 cm³/mol. The van der Waals surface area contributed by atoms with Gasteiger partial charge in [0.25, 0.3) is 10.0 Å². The van der Waals surface area contributed by atoms with Gasteiger partial charge in [0.1, 0.15) is 11.6 Å². The Labute approximate surface area is 140 Å². The SMILES string of the molecule is COc1ccc(NS(=O)(=O)c2ccc(F)c(C(F)(F)F)c2)cc1Cl. The van der Waals surface area contributed by atoms with E-state index in [0.717, 1.165) is 6.07 Å². The van der Waals surface area contributed by atoms with Gasteiger partial charge in [-0.2, -0.15) is 13.2 Å². The number of sulfonamides is 1. The Kier molecular flexibility index (Phi) is 4.95. The zero-order valence-corrected chi connectivity index (χ0v) is 13.6. The number of nitrogens with one attached hydrogen (secondary N) is 1. The highest BCUT2D eigenvalue weighted by molar-refractivity contribution is 7.92. The molecule has 0 aliphatic carbocycles. The lowest BCUT2D eigenvalue weighted by atomic mass is 10.2. The third-order valence-electron chi connectivity index (χ3n) is 2.96. The van der Waals surface area contributed by atoms with Crippen molar-refractivity contribution in [1.82, 2.24) is 0 Å². The maximum atomic E-state index is 13.3. The second kappa shape index (κ2) is 6.48. The van der Waals surface area contributed by atoms with Crippen LogP contribution in [0.4, 0.5) is 23.2 Å². The molecule has 130 valence electrons. The Morgan fingerprint density at radius 2 is 1.79 bits per heavy atom. The van der Waals surface area contributed by atoms with E-state index in [2.05, 4.69) is 4.72 Å². The van der Waals surface area contributed by atoms with Gasteiger partial charge >= 0.3 is 6.18 Å². The molecule has 0 aliphatic heterocycles. The standard InChI is InChI=1S/C14H10ClF4NO3S/c1-23-13-5-2-8(6-11(13)15)20-24(21,22)9-3-4-12(16)10(7-9)14(17,18)19/h2-7,20H,1H3. The van der Waals surface area contributed by atoms with E-state index in [4.69, 9.17) is 16.3 Å². The predicted octanol–water partition coefficient (Wildman–Crippen LogP) is 4.31. The van der Waals surface area contributed by atoms with Crippen molar-refractivity contribution >= 4 is 27.3 Å². The summed E-state index contributed by atoms with van der Waals surface area (Å²) in [6, 6.07) is 5.33. The molecule has 0 atom stereocenters. The molecule has 0 aliphatic rings. The smallest absolute Gasteiger partial charge is 0.419 e. The fraction of sp³-hybridized carbons (Fsp3) is 0.143. The van der Waals surface area contributed by atoms with Crippen LogP contribution in [-0.2, 0) is 16.2 Å². The molecule has 0 heterocycles. The maximum absolute atomic E-state index is 13.3. The Morgan fingerprint density at radius 3 is 2.33 bits per heavy atom. The Balaban J connectivity index is 2.39. The van der Waals surface area contributed by atoms with Gasteiger partial charge in [0.05, 0.1) is 28.3 Å². The first-order chi connectivity index (χ1) is 11.0. The van der Waals surface area contributed by atoms with Gasteiger partial charge < -0.3 is 4.74 Å². The molecule has 0 spiro atoms. The number of hydrogen-bond donors (Lipinski definition) is 1. The van der Waals surface area contributed by atoms with Gasteiger partial charge in [-0.3, -0.25) is 4.72 Å². The van der Waals surface area contributed by atoms with Gasteiger partial charge in [-0.15, -0.1) is 0 Å². The molecule has 2 rings (SSSR count). The first-order valence-corrected chi connectivity index (χ1v) is 8.14. The van der Waals surface area contributed by atoms with Crippen LogP contribution in [0.1, 0.15) is 5.56 Å². The number of anilines is 1. The third-order valence-corrected chi connectivity index (χ3v) is 4.63. The van der Waals surface area contributed by atoms with Crippen LogP contribution in [0.2, 0.25) is 5.02 Å². The molecule has 0 amide bonds. The van der Waals surface area contributed by atoms with E-state index in [1.165, 1.54) is 25.3 Å². The molecular formula is C14H10ClF4NO3S. The molecule has 2 aromatic rings. The van der Waals surface area contributed by atoms with Crippen molar-refractivity contribution in [3.05, 3.63) is 52.8 Å². The minimum absolute atomic E-state index is 0.0127. The van der Waals surface area contributed by atoms with E-state index >= 15 is 0 Å². The van der Waals surface area contributed by atoms with Gasteiger partial charge in [0, 0.05) is 0 Å². The molecule has 0 unspecified atom stereocenters. The van der Waals surface area contributed by atoms with Crippen LogP contribution in [0.25, 0.3) is 0 Å². The molecule has 0 radical (unpaired) electrons. The Morgan fingerprint density at radius 1 is 1.12 bits per heavy atom. The van der Waals surface area contributed by atoms with Crippen LogP contribution in [0.5, 0.6) is 5.75 Å². The van der Waals surface area contributed by atoms with Gasteiger partial charge in [-0.25, -0.2) is 12.8 Å². The first-order valence-electron chi connectivity index (χ1n) is 6.27. The van der Waals surface area contributed by atoms with Gasteiger partial charge in [-0.1, -0.05) is 11.6 Å². The summed E-state index contributed by atoms with van der Waals surface area (Å²) in [7, 11) is -3.00. The van der Waals surface area contributed by atoms with Crippen molar-refractivity contribution in [3.8, 4) is 5.75 Å². The monoisotopic (exact) mass is 383 g/mol. The highest BCUT2D eigenvalue weighted by Gasteiger charge is 2.35. The molecule has 0 bridgehead atoms. The van der Waals surface area contributed by atoms with Crippen molar-refractivity contribution in [1.29, 1.82) is 0 Å². The zero-order valence-electron chi connectivity index (χ0n) is 12.0. The average Bonchev–Trinajstić information content (AvgIpc) is 2.46. The summed E-state index contributed by atoms with van der Waals surface area (Å²) in [6.45, 7) is 0. The van der Waals surface area contributed by atoms with Crippen LogP contribution in [-0.4, -0.2) is 15.5 Å². The molecule has 2 aromatic carbocycles. The summed E-state index contributed by atoms with van der Waals surface area (Å²) in [4.78, 5) is -0.733. The lowest BCUT2D eigenvalue weighted by Crippen LogP contribution is -2.15. The molecule has 0 fully saturated rings. The summed E-state index contributed by atoms with van der Waals surface area (Å²) in [5.74, 6) is -1.27. The molecule has 1 N–H and O–H groups in total. The maximum Gasteiger partial charge on any atom is 0.419 e. The number of methoxy groups -OCH3 is 1. The van der Waals surface area contributed by atoms with Crippen molar-refractivity contribution in [2.24, 2.45) is 0 Å². The normalized spacial score (nSPS) is 12.1. The largest absolute Gasteiger partial charge is 0.495 e. The van der Waals surface area contributed by atoms with Crippen LogP contribution in [0.3, 0.4) is 0 Å². The quantitative estimate of drug-likeness (QED) is 0.800. The van der Waals surface area contributed by atoms with Gasteiger partial charge in [0.15, 0.2) is 0 Å². The summed E-state index contributed by atoms with van der Waals surface area (Å²) in [5.41, 5.74) is -1.66. The van der Waals surface area contributed by atoms with E-state index in [0.29, 0.717) is 11.8 Å². The summed E-state index contributed by atoms with van der Waals surface area (Å²) in [6.07, 6.45) is -5.01. The van der Waals surface area contributed by atoms with Gasteiger partial charge in [0.2, 0.25) is 0 Å². The fourth-order valence-corrected chi connectivity index (χ4v) is 3.17. The van der Waals surface area contributed by atoms with Gasteiger partial charge in [-0.05, 0) is 36.4 Å². The van der Waals surface area contributed by atoms with Crippen LogP contribution < -0.4 is 9.46 Å².